The van der Waals surface area contributed by atoms with Crippen LogP contribution in [-0.4, -0.2) is 46.2 Å². The molecule has 7 atom stereocenters. The SMILES string of the molecule is C[C@@]1(NCC(=O)N2C3CC3C[C@H]2C#N)C[C@H]2C[C@@H](O)C[C@H]2C1. The summed E-state index contributed by atoms with van der Waals surface area (Å²) in [4.78, 5) is 14.4. The zero-order valence-corrected chi connectivity index (χ0v) is 13.2. The van der Waals surface area contributed by atoms with E-state index in [0.717, 1.165) is 38.5 Å². The molecule has 2 unspecified atom stereocenters. The molecule has 0 spiro atoms. The fourth-order valence-corrected chi connectivity index (χ4v) is 5.38. The van der Waals surface area contributed by atoms with E-state index >= 15 is 0 Å². The second-order valence-corrected chi connectivity index (χ2v) is 8.21. The van der Waals surface area contributed by atoms with Gasteiger partial charge in [-0.05, 0) is 63.2 Å². The lowest BCUT2D eigenvalue weighted by molar-refractivity contribution is -0.131. The summed E-state index contributed by atoms with van der Waals surface area (Å²) in [7, 11) is 0. The first-order valence-electron chi connectivity index (χ1n) is 8.63. The zero-order chi connectivity index (χ0) is 15.5. The number of carbonyl (C=O) groups excluding carboxylic acids is 1. The zero-order valence-electron chi connectivity index (χ0n) is 13.2. The maximum Gasteiger partial charge on any atom is 0.237 e. The second kappa shape index (κ2) is 4.94. The van der Waals surface area contributed by atoms with Crippen molar-refractivity contribution < 1.29 is 9.90 Å². The quantitative estimate of drug-likeness (QED) is 0.816. The summed E-state index contributed by atoms with van der Waals surface area (Å²) in [5.74, 6) is 1.88. The lowest BCUT2D eigenvalue weighted by Gasteiger charge is -2.29. The molecule has 4 fully saturated rings. The van der Waals surface area contributed by atoms with Gasteiger partial charge in [-0.15, -0.1) is 0 Å². The van der Waals surface area contributed by atoms with E-state index in [2.05, 4.69) is 18.3 Å². The van der Waals surface area contributed by atoms with E-state index in [4.69, 9.17) is 0 Å². The molecule has 1 aliphatic heterocycles. The molecule has 1 amide bonds. The molecule has 3 saturated carbocycles. The maximum atomic E-state index is 12.5. The first kappa shape index (κ1) is 14.5. The van der Waals surface area contributed by atoms with Gasteiger partial charge in [0.1, 0.15) is 6.04 Å². The van der Waals surface area contributed by atoms with Gasteiger partial charge >= 0.3 is 0 Å². The van der Waals surface area contributed by atoms with Gasteiger partial charge in [0.2, 0.25) is 5.91 Å². The number of hydrogen-bond donors (Lipinski definition) is 2. The Morgan fingerprint density at radius 3 is 2.59 bits per heavy atom. The largest absolute Gasteiger partial charge is 0.393 e. The number of nitriles is 1. The lowest BCUT2D eigenvalue weighted by Crippen LogP contribution is -2.49. The standard InChI is InChI=1S/C17H25N3O2/c1-17(6-11-3-14(21)4-12(11)7-17)19-9-16(22)20-13(8-18)2-10-5-15(10)20/h10-15,19,21H,2-7,9H2,1H3/t10?,11-,12+,13-,14-,15?,17-/m0/s1. The van der Waals surface area contributed by atoms with Crippen LogP contribution >= 0.6 is 0 Å². The van der Waals surface area contributed by atoms with Crippen molar-refractivity contribution in [3.05, 3.63) is 0 Å². The number of amides is 1. The molecule has 2 N–H and O–H groups in total. The van der Waals surface area contributed by atoms with Crippen LogP contribution in [0, 0.1) is 29.1 Å². The fourth-order valence-electron chi connectivity index (χ4n) is 5.38. The average molecular weight is 303 g/mol. The van der Waals surface area contributed by atoms with Crippen LogP contribution in [0.25, 0.3) is 0 Å². The summed E-state index contributed by atoms with van der Waals surface area (Å²) in [6, 6.07) is 2.41. The lowest BCUT2D eigenvalue weighted by atomic mass is 9.95. The molecular weight excluding hydrogens is 278 g/mol. The van der Waals surface area contributed by atoms with Gasteiger partial charge in [0, 0.05) is 11.6 Å². The summed E-state index contributed by atoms with van der Waals surface area (Å²) in [5.41, 5.74) is 0.00987. The third-order valence-corrected chi connectivity index (χ3v) is 6.45. The van der Waals surface area contributed by atoms with Crippen LogP contribution in [0.15, 0.2) is 0 Å². The van der Waals surface area contributed by atoms with Crippen LogP contribution in [0.1, 0.15) is 45.4 Å². The van der Waals surface area contributed by atoms with Gasteiger partial charge in [0.15, 0.2) is 0 Å². The Kier molecular flexibility index (Phi) is 3.25. The predicted octanol–water partition coefficient (Wildman–Crippen LogP) is 1.03. The third kappa shape index (κ3) is 2.33. The summed E-state index contributed by atoms with van der Waals surface area (Å²) in [6.07, 6.45) is 5.78. The second-order valence-electron chi connectivity index (χ2n) is 8.21. The highest BCUT2D eigenvalue weighted by atomic mass is 16.3. The topological polar surface area (TPSA) is 76.4 Å². The van der Waals surface area contributed by atoms with E-state index in [1.807, 2.05) is 4.90 Å². The third-order valence-electron chi connectivity index (χ3n) is 6.45. The van der Waals surface area contributed by atoms with Crippen LogP contribution in [0.5, 0.6) is 0 Å². The van der Waals surface area contributed by atoms with Crippen molar-refractivity contribution in [2.24, 2.45) is 17.8 Å². The number of fused-ring (bicyclic) bond motifs is 2. The van der Waals surface area contributed by atoms with Crippen LogP contribution in [0.3, 0.4) is 0 Å². The smallest absolute Gasteiger partial charge is 0.237 e. The summed E-state index contributed by atoms with van der Waals surface area (Å²) in [6.45, 7) is 2.55. The maximum absolute atomic E-state index is 12.5. The molecule has 1 heterocycles. The molecule has 22 heavy (non-hydrogen) atoms. The highest BCUT2D eigenvalue weighted by Crippen LogP contribution is 2.49. The van der Waals surface area contributed by atoms with Gasteiger partial charge in [-0.3, -0.25) is 4.79 Å². The van der Waals surface area contributed by atoms with Gasteiger partial charge in [0.05, 0.1) is 18.7 Å². The van der Waals surface area contributed by atoms with Crippen molar-refractivity contribution in [3.8, 4) is 6.07 Å². The summed E-state index contributed by atoms with van der Waals surface area (Å²) < 4.78 is 0. The monoisotopic (exact) mass is 303 g/mol. The predicted molar refractivity (Wildman–Crippen MR) is 80.6 cm³/mol. The minimum atomic E-state index is -0.205. The van der Waals surface area contributed by atoms with Crippen molar-refractivity contribution in [1.29, 1.82) is 5.26 Å². The van der Waals surface area contributed by atoms with E-state index in [-0.39, 0.29) is 23.6 Å². The van der Waals surface area contributed by atoms with Crippen LogP contribution in [-0.2, 0) is 4.79 Å². The Labute approximate surface area is 131 Å². The normalized spacial score (nSPS) is 48.9. The molecule has 0 aromatic rings. The molecule has 5 nitrogen and oxygen atoms in total. The fraction of sp³-hybridized carbons (Fsp3) is 0.882. The summed E-state index contributed by atoms with van der Waals surface area (Å²) >= 11 is 0. The van der Waals surface area contributed by atoms with E-state index in [0.29, 0.717) is 30.3 Å². The molecule has 4 aliphatic rings. The van der Waals surface area contributed by atoms with Gasteiger partial charge < -0.3 is 15.3 Å². The first-order valence-corrected chi connectivity index (χ1v) is 8.63. The number of hydrogen-bond acceptors (Lipinski definition) is 4. The molecule has 1 saturated heterocycles. The molecule has 5 heteroatoms. The molecule has 0 aromatic carbocycles. The van der Waals surface area contributed by atoms with Crippen molar-refractivity contribution >= 4 is 5.91 Å². The van der Waals surface area contributed by atoms with E-state index in [9.17, 15) is 15.2 Å². The highest BCUT2D eigenvalue weighted by Gasteiger charge is 2.54. The van der Waals surface area contributed by atoms with E-state index in [1.54, 1.807) is 0 Å². The Hall–Kier alpha value is -1.12. The number of aliphatic hydroxyl groups excluding tert-OH is 1. The van der Waals surface area contributed by atoms with Crippen LogP contribution in [0.4, 0.5) is 0 Å². The average Bonchev–Trinajstić information content (AvgIpc) is 2.83. The van der Waals surface area contributed by atoms with Crippen molar-refractivity contribution in [1.82, 2.24) is 10.2 Å². The number of aliphatic hydroxyl groups is 1. The van der Waals surface area contributed by atoms with E-state index in [1.165, 1.54) is 0 Å². The minimum Gasteiger partial charge on any atom is -0.393 e. The van der Waals surface area contributed by atoms with Gasteiger partial charge in [-0.25, -0.2) is 0 Å². The van der Waals surface area contributed by atoms with Crippen molar-refractivity contribution in [2.75, 3.05) is 6.54 Å². The number of rotatable bonds is 3. The highest BCUT2D eigenvalue weighted by molar-refractivity contribution is 5.80. The number of nitrogens with zero attached hydrogens (tertiary/aromatic N) is 2. The molecule has 4 rings (SSSR count). The Balaban J connectivity index is 1.33. The minimum absolute atomic E-state index is 0.00987. The van der Waals surface area contributed by atoms with E-state index < -0.39 is 0 Å². The Morgan fingerprint density at radius 1 is 1.27 bits per heavy atom. The molecule has 0 aromatic heterocycles. The molecule has 0 radical (unpaired) electrons. The molecule has 0 bridgehead atoms. The summed E-state index contributed by atoms with van der Waals surface area (Å²) in [5, 5.41) is 22.4. The molecule has 120 valence electrons. The van der Waals surface area contributed by atoms with Crippen LogP contribution < -0.4 is 5.32 Å². The molecule has 3 aliphatic carbocycles. The molecular formula is C17H25N3O2. The number of nitrogens with one attached hydrogen (secondary N) is 1. The van der Waals surface area contributed by atoms with Crippen molar-refractivity contribution in [2.45, 2.75) is 69.2 Å². The van der Waals surface area contributed by atoms with Gasteiger partial charge in [0.25, 0.3) is 0 Å². The van der Waals surface area contributed by atoms with Crippen LogP contribution in [0.2, 0.25) is 0 Å². The Bertz CT molecular complexity index is 514. The number of likely N-dealkylation sites (tertiary alicyclic amines) is 1. The van der Waals surface area contributed by atoms with Gasteiger partial charge in [-0.1, -0.05) is 0 Å². The number of carbonyl (C=O) groups is 1. The van der Waals surface area contributed by atoms with Crippen molar-refractivity contribution in [3.63, 3.8) is 0 Å². The Morgan fingerprint density at radius 2 is 1.95 bits per heavy atom. The first-order chi connectivity index (χ1) is 10.5. The van der Waals surface area contributed by atoms with Gasteiger partial charge in [-0.2, -0.15) is 5.26 Å². The number of piperidine rings is 1.